The largest absolute Gasteiger partial charge is 0.305 e. The number of hydrogen-bond acceptors (Lipinski definition) is 3. The molecule has 3 rings (SSSR count). The van der Waals surface area contributed by atoms with Crippen molar-refractivity contribution in [3.8, 4) is 0 Å². The number of Topliss-reactive ketones (excluding diaryl/α,β-unsaturated/α-hetero) is 1. The zero-order chi connectivity index (χ0) is 14.1. The predicted octanol–water partition coefficient (Wildman–Crippen LogP) is 3.39. The van der Waals surface area contributed by atoms with Crippen molar-refractivity contribution < 1.29 is 4.79 Å². The molecule has 100 valence electrons. The van der Waals surface area contributed by atoms with Crippen LogP contribution in [-0.4, -0.2) is 10.8 Å². The monoisotopic (exact) mass is 264 g/mol. The summed E-state index contributed by atoms with van der Waals surface area (Å²) >= 11 is 0. The Morgan fingerprint density at radius 2 is 2.30 bits per heavy atom. The van der Waals surface area contributed by atoms with E-state index in [1.54, 1.807) is 13.1 Å². The van der Waals surface area contributed by atoms with E-state index in [9.17, 15) is 4.79 Å². The van der Waals surface area contributed by atoms with Crippen molar-refractivity contribution in [1.82, 2.24) is 4.98 Å². The SMILES string of the molecule is C=C(C)C(=O)C1=CN(c2ccccn2)C2=CC=CCC12. The summed E-state index contributed by atoms with van der Waals surface area (Å²) in [5, 5.41) is 0. The van der Waals surface area contributed by atoms with E-state index in [2.05, 4.69) is 23.7 Å². The summed E-state index contributed by atoms with van der Waals surface area (Å²) in [6.45, 7) is 5.53. The molecular formula is C17H16N2O. The van der Waals surface area contributed by atoms with Gasteiger partial charge in [0.1, 0.15) is 5.82 Å². The van der Waals surface area contributed by atoms with Gasteiger partial charge in [-0.2, -0.15) is 0 Å². The fourth-order valence-electron chi connectivity index (χ4n) is 2.61. The summed E-state index contributed by atoms with van der Waals surface area (Å²) in [6, 6.07) is 5.78. The van der Waals surface area contributed by atoms with E-state index in [0.29, 0.717) is 5.57 Å². The molecule has 3 heteroatoms. The lowest BCUT2D eigenvalue weighted by Gasteiger charge is -2.22. The number of allylic oxidation sites excluding steroid dienone is 5. The Labute approximate surface area is 118 Å². The molecule has 3 nitrogen and oxygen atoms in total. The van der Waals surface area contributed by atoms with E-state index in [1.165, 1.54) is 0 Å². The highest BCUT2D eigenvalue weighted by Gasteiger charge is 2.34. The first-order chi connectivity index (χ1) is 9.68. The first-order valence-electron chi connectivity index (χ1n) is 6.67. The summed E-state index contributed by atoms with van der Waals surface area (Å²) in [5.41, 5.74) is 2.49. The van der Waals surface area contributed by atoms with Crippen molar-refractivity contribution in [3.05, 3.63) is 72.2 Å². The molecule has 0 N–H and O–H groups in total. The summed E-state index contributed by atoms with van der Waals surface area (Å²) in [5.74, 6) is 0.990. The number of ketones is 1. The van der Waals surface area contributed by atoms with Gasteiger partial charge in [-0.3, -0.25) is 4.79 Å². The van der Waals surface area contributed by atoms with Gasteiger partial charge in [0.25, 0.3) is 0 Å². The van der Waals surface area contributed by atoms with Gasteiger partial charge in [-0.05, 0) is 37.1 Å². The molecule has 0 saturated heterocycles. The van der Waals surface area contributed by atoms with E-state index >= 15 is 0 Å². The van der Waals surface area contributed by atoms with E-state index in [-0.39, 0.29) is 11.7 Å². The summed E-state index contributed by atoms with van der Waals surface area (Å²) in [4.78, 5) is 18.7. The van der Waals surface area contributed by atoms with Crippen molar-refractivity contribution in [3.63, 3.8) is 0 Å². The Morgan fingerprint density at radius 3 is 3.00 bits per heavy atom. The molecule has 0 fully saturated rings. The second kappa shape index (κ2) is 4.93. The Hall–Kier alpha value is -2.42. The lowest BCUT2D eigenvalue weighted by atomic mass is 9.88. The normalized spacial score (nSPS) is 20.2. The molecule has 1 atom stereocenters. The van der Waals surface area contributed by atoms with Gasteiger partial charge < -0.3 is 4.90 Å². The number of hydrogen-bond donors (Lipinski definition) is 0. The summed E-state index contributed by atoms with van der Waals surface area (Å²) in [7, 11) is 0. The average molecular weight is 264 g/mol. The zero-order valence-electron chi connectivity index (χ0n) is 11.4. The summed E-state index contributed by atoms with van der Waals surface area (Å²) < 4.78 is 0. The standard InChI is InChI=1S/C17H16N2O/c1-12(2)17(20)14-11-19(16-9-5-6-10-18-16)15-8-4-3-7-13(14)15/h3-6,8-11,13H,1,7H2,2H3. The smallest absolute Gasteiger partial charge is 0.186 e. The van der Waals surface area contributed by atoms with Crippen LogP contribution in [0.2, 0.25) is 0 Å². The van der Waals surface area contributed by atoms with Crippen molar-refractivity contribution in [2.24, 2.45) is 5.92 Å². The number of rotatable bonds is 3. The molecule has 0 radical (unpaired) electrons. The van der Waals surface area contributed by atoms with E-state index < -0.39 is 0 Å². The molecule has 0 saturated carbocycles. The lowest BCUT2D eigenvalue weighted by Crippen LogP contribution is -2.18. The van der Waals surface area contributed by atoms with Crippen LogP contribution in [-0.2, 0) is 4.79 Å². The number of carbonyl (C=O) groups is 1. The molecular weight excluding hydrogens is 248 g/mol. The van der Waals surface area contributed by atoms with Gasteiger partial charge in [-0.25, -0.2) is 4.98 Å². The first-order valence-corrected chi connectivity index (χ1v) is 6.67. The van der Waals surface area contributed by atoms with Crippen LogP contribution < -0.4 is 4.90 Å². The van der Waals surface area contributed by atoms with Gasteiger partial charge >= 0.3 is 0 Å². The van der Waals surface area contributed by atoms with Gasteiger partial charge in [0.2, 0.25) is 0 Å². The van der Waals surface area contributed by atoms with Crippen molar-refractivity contribution >= 4 is 11.6 Å². The molecule has 0 aromatic carbocycles. The van der Waals surface area contributed by atoms with Crippen LogP contribution in [0.4, 0.5) is 5.82 Å². The Kier molecular flexibility index (Phi) is 3.11. The van der Waals surface area contributed by atoms with Crippen molar-refractivity contribution in [1.29, 1.82) is 0 Å². The molecule has 20 heavy (non-hydrogen) atoms. The highest BCUT2D eigenvalue weighted by atomic mass is 16.1. The third kappa shape index (κ3) is 2.01. The number of carbonyl (C=O) groups excluding carboxylic acids is 1. The van der Waals surface area contributed by atoms with Crippen LogP contribution in [0.15, 0.2) is 72.2 Å². The molecule has 0 amide bonds. The minimum Gasteiger partial charge on any atom is -0.305 e. The average Bonchev–Trinajstić information content (AvgIpc) is 2.87. The van der Waals surface area contributed by atoms with Gasteiger partial charge in [0, 0.05) is 29.6 Å². The third-order valence-corrected chi connectivity index (χ3v) is 3.60. The maximum atomic E-state index is 12.3. The molecule has 1 unspecified atom stereocenters. The lowest BCUT2D eigenvalue weighted by molar-refractivity contribution is -0.112. The Bertz CT molecular complexity index is 653. The molecule has 1 aromatic heterocycles. The number of pyridine rings is 1. The van der Waals surface area contributed by atoms with Gasteiger partial charge in [0.15, 0.2) is 5.78 Å². The minimum absolute atomic E-state index is 0.0367. The highest BCUT2D eigenvalue weighted by molar-refractivity contribution is 6.09. The molecule has 1 aromatic rings. The number of anilines is 1. The van der Waals surface area contributed by atoms with E-state index in [4.69, 9.17) is 0 Å². The minimum atomic E-state index is 0.0367. The van der Waals surface area contributed by atoms with Crippen LogP contribution in [0.25, 0.3) is 0 Å². The van der Waals surface area contributed by atoms with Gasteiger partial charge in [0.05, 0.1) is 0 Å². The van der Waals surface area contributed by atoms with Gasteiger partial charge in [-0.1, -0.05) is 24.8 Å². The fourth-order valence-corrected chi connectivity index (χ4v) is 2.61. The quantitative estimate of drug-likeness (QED) is 0.785. The molecule has 1 aliphatic carbocycles. The second-order valence-corrected chi connectivity index (χ2v) is 5.06. The zero-order valence-corrected chi connectivity index (χ0v) is 11.4. The predicted molar refractivity (Wildman–Crippen MR) is 80.0 cm³/mol. The maximum absolute atomic E-state index is 12.3. The second-order valence-electron chi connectivity index (χ2n) is 5.06. The first kappa shape index (κ1) is 12.6. The van der Waals surface area contributed by atoms with Crippen LogP contribution in [0.1, 0.15) is 13.3 Å². The molecule has 2 aliphatic rings. The summed E-state index contributed by atoms with van der Waals surface area (Å²) in [6.07, 6.45) is 10.7. The van der Waals surface area contributed by atoms with Crippen LogP contribution in [0.3, 0.4) is 0 Å². The Balaban J connectivity index is 2.05. The van der Waals surface area contributed by atoms with Gasteiger partial charge in [-0.15, -0.1) is 0 Å². The van der Waals surface area contributed by atoms with Crippen LogP contribution in [0, 0.1) is 5.92 Å². The Morgan fingerprint density at radius 1 is 1.45 bits per heavy atom. The fraction of sp³-hybridized carbons (Fsp3) is 0.176. The molecule has 0 bridgehead atoms. The topological polar surface area (TPSA) is 33.2 Å². The van der Waals surface area contributed by atoms with Crippen molar-refractivity contribution in [2.45, 2.75) is 13.3 Å². The van der Waals surface area contributed by atoms with Crippen molar-refractivity contribution in [2.75, 3.05) is 4.90 Å². The highest BCUT2D eigenvalue weighted by Crippen LogP contribution is 2.39. The molecule has 0 spiro atoms. The van der Waals surface area contributed by atoms with Crippen LogP contribution >= 0.6 is 0 Å². The number of aromatic nitrogens is 1. The maximum Gasteiger partial charge on any atom is 0.186 e. The molecule has 1 aliphatic heterocycles. The van der Waals surface area contributed by atoms with E-state index in [1.807, 2.05) is 35.4 Å². The number of nitrogens with zero attached hydrogens (tertiary/aromatic N) is 2. The van der Waals surface area contributed by atoms with E-state index in [0.717, 1.165) is 23.5 Å². The molecule has 2 heterocycles. The third-order valence-electron chi connectivity index (χ3n) is 3.60. The number of fused-ring (bicyclic) bond motifs is 1. The van der Waals surface area contributed by atoms with Crippen LogP contribution in [0.5, 0.6) is 0 Å².